The normalized spacial score (nSPS) is 10.6. The molecule has 0 unspecified atom stereocenters. The summed E-state index contributed by atoms with van der Waals surface area (Å²) in [6, 6.07) is 15.1. The van der Waals surface area contributed by atoms with Crippen LogP contribution in [0, 0.1) is 6.92 Å². The first-order chi connectivity index (χ1) is 13.2. The summed E-state index contributed by atoms with van der Waals surface area (Å²) >= 11 is 0. The van der Waals surface area contributed by atoms with Crippen LogP contribution in [-0.2, 0) is 0 Å². The van der Waals surface area contributed by atoms with Crippen molar-refractivity contribution in [2.75, 3.05) is 19.7 Å². The van der Waals surface area contributed by atoms with Crippen LogP contribution in [0.25, 0.3) is 0 Å². The van der Waals surface area contributed by atoms with Crippen LogP contribution in [-0.4, -0.2) is 25.5 Å². The first-order valence-corrected chi connectivity index (χ1v) is 9.87. The Balaban J connectivity index is 1.69. The quantitative estimate of drug-likeness (QED) is 0.296. The molecule has 3 heteroatoms. The molecule has 144 valence electrons. The summed E-state index contributed by atoms with van der Waals surface area (Å²) in [6.07, 6.45) is 7.61. The van der Waals surface area contributed by atoms with Gasteiger partial charge in [0.1, 0.15) is 5.75 Å². The van der Waals surface area contributed by atoms with Gasteiger partial charge in [0.25, 0.3) is 0 Å². The topological polar surface area (TPSA) is 38.3 Å². The molecule has 0 fully saturated rings. The molecule has 0 aliphatic rings. The molecule has 0 spiro atoms. The van der Waals surface area contributed by atoms with Crippen LogP contribution in [0.15, 0.2) is 61.2 Å². The van der Waals surface area contributed by atoms with Crippen LogP contribution in [0.2, 0.25) is 0 Å². The van der Waals surface area contributed by atoms with Gasteiger partial charge >= 0.3 is 0 Å². The maximum atomic E-state index is 12.5. The second-order valence-electron chi connectivity index (χ2n) is 6.77. The van der Waals surface area contributed by atoms with Crippen LogP contribution < -0.4 is 10.1 Å². The zero-order valence-corrected chi connectivity index (χ0v) is 16.4. The van der Waals surface area contributed by atoms with E-state index in [2.05, 4.69) is 11.9 Å². The summed E-state index contributed by atoms with van der Waals surface area (Å²) in [5.74, 6) is 0.914. The SMILES string of the molecule is C=CCCNCCCCCCOc1ccc(C(=O)c2ccccc2)cc1C. The number of ketones is 1. The maximum Gasteiger partial charge on any atom is 0.193 e. The van der Waals surface area contributed by atoms with E-state index in [1.807, 2.05) is 61.5 Å². The Morgan fingerprint density at radius 2 is 1.78 bits per heavy atom. The zero-order chi connectivity index (χ0) is 19.3. The molecule has 2 rings (SSSR count). The fourth-order valence-electron chi connectivity index (χ4n) is 2.93. The third-order valence-electron chi connectivity index (χ3n) is 4.50. The summed E-state index contributed by atoms with van der Waals surface area (Å²) in [4.78, 5) is 12.5. The molecular formula is C24H31NO2. The minimum atomic E-state index is 0.0481. The number of carbonyl (C=O) groups is 1. The number of carbonyl (C=O) groups excluding carboxylic acids is 1. The molecule has 0 bridgehead atoms. The van der Waals surface area contributed by atoms with E-state index < -0.39 is 0 Å². The highest BCUT2D eigenvalue weighted by Crippen LogP contribution is 2.21. The molecule has 0 amide bonds. The molecule has 3 nitrogen and oxygen atoms in total. The molecule has 0 aliphatic carbocycles. The fraction of sp³-hybridized carbons (Fsp3) is 0.375. The molecule has 0 saturated carbocycles. The van der Waals surface area contributed by atoms with Crippen molar-refractivity contribution < 1.29 is 9.53 Å². The van der Waals surface area contributed by atoms with Crippen molar-refractivity contribution in [3.05, 3.63) is 77.9 Å². The van der Waals surface area contributed by atoms with Crippen molar-refractivity contribution in [2.45, 2.75) is 39.0 Å². The zero-order valence-electron chi connectivity index (χ0n) is 16.4. The van der Waals surface area contributed by atoms with Gasteiger partial charge in [-0.15, -0.1) is 6.58 Å². The van der Waals surface area contributed by atoms with Crippen LogP contribution >= 0.6 is 0 Å². The molecule has 0 atom stereocenters. The summed E-state index contributed by atoms with van der Waals surface area (Å²) in [5, 5.41) is 3.41. The lowest BCUT2D eigenvalue weighted by molar-refractivity contribution is 0.103. The van der Waals surface area contributed by atoms with Gasteiger partial charge in [-0.05, 0) is 63.0 Å². The number of aryl methyl sites for hydroxylation is 1. The van der Waals surface area contributed by atoms with Crippen molar-refractivity contribution in [1.29, 1.82) is 0 Å². The van der Waals surface area contributed by atoms with E-state index in [0.717, 1.165) is 43.9 Å². The molecule has 2 aromatic carbocycles. The second kappa shape index (κ2) is 12.1. The summed E-state index contributed by atoms with van der Waals surface area (Å²) in [5.41, 5.74) is 2.42. The van der Waals surface area contributed by atoms with Crippen molar-refractivity contribution in [1.82, 2.24) is 5.32 Å². The number of hydrogen-bond donors (Lipinski definition) is 1. The van der Waals surface area contributed by atoms with E-state index in [1.165, 1.54) is 19.3 Å². The smallest absolute Gasteiger partial charge is 0.193 e. The van der Waals surface area contributed by atoms with E-state index >= 15 is 0 Å². The molecule has 0 heterocycles. The van der Waals surface area contributed by atoms with Gasteiger partial charge in [-0.3, -0.25) is 4.79 Å². The van der Waals surface area contributed by atoms with Gasteiger partial charge in [0.2, 0.25) is 0 Å². The lowest BCUT2D eigenvalue weighted by Crippen LogP contribution is -2.15. The van der Waals surface area contributed by atoms with Gasteiger partial charge in [0.15, 0.2) is 5.78 Å². The van der Waals surface area contributed by atoms with E-state index in [0.29, 0.717) is 11.1 Å². The summed E-state index contributed by atoms with van der Waals surface area (Å²) in [6.45, 7) is 8.52. The average Bonchev–Trinajstić information content (AvgIpc) is 2.70. The monoisotopic (exact) mass is 365 g/mol. The van der Waals surface area contributed by atoms with Gasteiger partial charge in [-0.2, -0.15) is 0 Å². The number of ether oxygens (including phenoxy) is 1. The molecule has 0 aromatic heterocycles. The predicted molar refractivity (Wildman–Crippen MR) is 113 cm³/mol. The number of hydrogen-bond acceptors (Lipinski definition) is 3. The largest absolute Gasteiger partial charge is 0.493 e. The van der Waals surface area contributed by atoms with E-state index in [4.69, 9.17) is 4.74 Å². The van der Waals surface area contributed by atoms with Gasteiger partial charge in [-0.1, -0.05) is 49.2 Å². The molecule has 27 heavy (non-hydrogen) atoms. The Morgan fingerprint density at radius 1 is 1.00 bits per heavy atom. The van der Waals surface area contributed by atoms with Crippen molar-refractivity contribution >= 4 is 5.78 Å². The van der Waals surface area contributed by atoms with Crippen molar-refractivity contribution in [3.8, 4) is 5.75 Å². The Bertz CT molecular complexity index is 710. The van der Waals surface area contributed by atoms with Gasteiger partial charge in [0.05, 0.1) is 6.61 Å². The minimum Gasteiger partial charge on any atom is -0.493 e. The Hall–Kier alpha value is -2.39. The number of benzene rings is 2. The highest BCUT2D eigenvalue weighted by Gasteiger charge is 2.10. The predicted octanol–water partition coefficient (Wildman–Crippen LogP) is 5.33. The van der Waals surface area contributed by atoms with Gasteiger partial charge < -0.3 is 10.1 Å². The summed E-state index contributed by atoms with van der Waals surface area (Å²) in [7, 11) is 0. The first kappa shape index (κ1) is 20.9. The Labute approximate surface area is 163 Å². The van der Waals surface area contributed by atoms with E-state index in [1.54, 1.807) is 0 Å². The van der Waals surface area contributed by atoms with Crippen molar-refractivity contribution in [2.24, 2.45) is 0 Å². The molecule has 0 radical (unpaired) electrons. The third kappa shape index (κ3) is 7.40. The molecule has 0 aliphatic heterocycles. The number of nitrogens with one attached hydrogen (secondary N) is 1. The van der Waals surface area contributed by atoms with Gasteiger partial charge in [0, 0.05) is 11.1 Å². The van der Waals surface area contributed by atoms with Crippen LogP contribution in [0.1, 0.15) is 53.6 Å². The summed E-state index contributed by atoms with van der Waals surface area (Å²) < 4.78 is 5.90. The Morgan fingerprint density at radius 3 is 2.52 bits per heavy atom. The Kier molecular flexibility index (Phi) is 9.36. The molecular weight excluding hydrogens is 334 g/mol. The molecule has 2 aromatic rings. The van der Waals surface area contributed by atoms with Crippen LogP contribution in [0.4, 0.5) is 0 Å². The first-order valence-electron chi connectivity index (χ1n) is 9.87. The molecule has 1 N–H and O–H groups in total. The van der Waals surface area contributed by atoms with E-state index in [9.17, 15) is 4.79 Å². The molecule has 0 saturated heterocycles. The van der Waals surface area contributed by atoms with Gasteiger partial charge in [-0.25, -0.2) is 0 Å². The standard InChI is InChI=1S/C24H31NO2/c1-3-4-16-25-17-10-5-6-11-18-27-23-15-14-22(19-20(23)2)24(26)21-12-8-7-9-13-21/h3,7-9,12-15,19,25H,1,4-6,10-11,16-18H2,2H3. The third-order valence-corrected chi connectivity index (χ3v) is 4.50. The van der Waals surface area contributed by atoms with Crippen molar-refractivity contribution in [3.63, 3.8) is 0 Å². The highest BCUT2D eigenvalue weighted by atomic mass is 16.5. The number of unbranched alkanes of at least 4 members (excludes halogenated alkanes) is 3. The number of rotatable bonds is 13. The highest BCUT2D eigenvalue weighted by molar-refractivity contribution is 6.09. The second-order valence-corrected chi connectivity index (χ2v) is 6.77. The van der Waals surface area contributed by atoms with E-state index in [-0.39, 0.29) is 5.78 Å². The average molecular weight is 366 g/mol. The fourth-order valence-corrected chi connectivity index (χ4v) is 2.93. The van der Waals surface area contributed by atoms with Crippen LogP contribution in [0.5, 0.6) is 5.75 Å². The maximum absolute atomic E-state index is 12.5. The van der Waals surface area contributed by atoms with Crippen LogP contribution in [0.3, 0.4) is 0 Å². The lowest BCUT2D eigenvalue weighted by Gasteiger charge is -2.11. The lowest BCUT2D eigenvalue weighted by atomic mass is 10.0. The minimum absolute atomic E-state index is 0.0481.